The van der Waals surface area contributed by atoms with Gasteiger partial charge in [-0.05, 0) is 49.1 Å². The number of likely N-dealkylation sites (N-methyl/N-ethyl adjacent to an activating group) is 1. The summed E-state index contributed by atoms with van der Waals surface area (Å²) in [6.07, 6.45) is 4.60. The third-order valence-corrected chi connectivity index (χ3v) is 6.53. The lowest BCUT2D eigenvalue weighted by Crippen LogP contribution is -2.49. The molecular formula is C26H28N6O4. The number of hydrogen-bond donors (Lipinski definition) is 1. The van der Waals surface area contributed by atoms with E-state index in [2.05, 4.69) is 15.4 Å². The Morgan fingerprint density at radius 3 is 2.67 bits per heavy atom. The molecular weight excluding hydrogens is 460 g/mol. The standard InChI is InChI=1S/C26H28N6O4/c1-30-21-15-18(10-12-23(33)31-13-5-6-14-31)9-11-22(21)36-16-20(26(30)35)28-25(34)24-27-17-32(29-24)19-7-3-2-4-8-19/h2-4,7-9,11,15,17,20H,5-6,10,12-14,16H2,1H3,(H,28,34)/t20-/m0/s1. The summed E-state index contributed by atoms with van der Waals surface area (Å²) in [6.45, 7) is 1.65. The Bertz CT molecular complexity index is 1270. The minimum atomic E-state index is -0.904. The molecule has 0 radical (unpaired) electrons. The van der Waals surface area contributed by atoms with Gasteiger partial charge in [0.05, 0.1) is 11.4 Å². The first-order chi connectivity index (χ1) is 17.5. The summed E-state index contributed by atoms with van der Waals surface area (Å²) in [5.74, 6) is -0.207. The van der Waals surface area contributed by atoms with Gasteiger partial charge in [0.1, 0.15) is 24.7 Å². The maximum Gasteiger partial charge on any atom is 0.291 e. The van der Waals surface area contributed by atoms with Crippen LogP contribution in [0.2, 0.25) is 0 Å². The number of fused-ring (bicyclic) bond motifs is 1. The van der Waals surface area contributed by atoms with Gasteiger partial charge in [0.25, 0.3) is 11.8 Å². The summed E-state index contributed by atoms with van der Waals surface area (Å²) in [6, 6.07) is 14.0. The van der Waals surface area contributed by atoms with Gasteiger partial charge in [-0.3, -0.25) is 14.4 Å². The number of nitrogens with zero attached hydrogens (tertiary/aromatic N) is 5. The molecule has 2 aliphatic heterocycles. The van der Waals surface area contributed by atoms with E-state index in [0.717, 1.165) is 37.2 Å². The Balaban J connectivity index is 1.24. The molecule has 0 bridgehead atoms. The first-order valence-electron chi connectivity index (χ1n) is 12.1. The number of carbonyl (C=O) groups is 3. The predicted octanol–water partition coefficient (Wildman–Crippen LogP) is 1.98. The topological polar surface area (TPSA) is 110 Å². The molecule has 0 unspecified atom stereocenters. The number of aromatic nitrogens is 3. The second-order valence-electron chi connectivity index (χ2n) is 8.97. The minimum Gasteiger partial charge on any atom is -0.489 e. The number of aryl methyl sites for hydroxylation is 1. The van der Waals surface area contributed by atoms with Crippen molar-refractivity contribution in [1.82, 2.24) is 25.0 Å². The molecule has 5 rings (SSSR count). The van der Waals surface area contributed by atoms with Gasteiger partial charge in [-0.25, -0.2) is 9.67 Å². The first kappa shape index (κ1) is 23.5. The Hall–Kier alpha value is -4.21. The molecule has 0 aliphatic carbocycles. The molecule has 10 heteroatoms. The molecule has 0 saturated carbocycles. The third-order valence-electron chi connectivity index (χ3n) is 6.53. The highest BCUT2D eigenvalue weighted by atomic mass is 16.5. The Morgan fingerprint density at radius 2 is 1.89 bits per heavy atom. The van der Waals surface area contributed by atoms with Gasteiger partial charge in [-0.15, -0.1) is 5.10 Å². The predicted molar refractivity (Wildman–Crippen MR) is 132 cm³/mol. The van der Waals surface area contributed by atoms with Crippen LogP contribution in [-0.2, 0) is 16.0 Å². The number of amides is 3. The Kier molecular flexibility index (Phi) is 6.66. The molecule has 10 nitrogen and oxygen atoms in total. The fourth-order valence-electron chi connectivity index (χ4n) is 4.47. The van der Waals surface area contributed by atoms with Crippen molar-refractivity contribution < 1.29 is 19.1 Å². The molecule has 3 heterocycles. The van der Waals surface area contributed by atoms with Gasteiger partial charge in [-0.2, -0.15) is 0 Å². The van der Waals surface area contributed by atoms with E-state index in [9.17, 15) is 14.4 Å². The van der Waals surface area contributed by atoms with Crippen molar-refractivity contribution in [3.63, 3.8) is 0 Å². The molecule has 1 fully saturated rings. The van der Waals surface area contributed by atoms with Crippen LogP contribution in [0.5, 0.6) is 5.75 Å². The zero-order valence-corrected chi connectivity index (χ0v) is 20.1. The van der Waals surface area contributed by atoms with Gasteiger partial charge in [0, 0.05) is 26.6 Å². The number of benzene rings is 2. The smallest absolute Gasteiger partial charge is 0.291 e. The Morgan fingerprint density at radius 1 is 1.11 bits per heavy atom. The monoisotopic (exact) mass is 488 g/mol. The average molecular weight is 489 g/mol. The highest BCUT2D eigenvalue weighted by Gasteiger charge is 2.32. The summed E-state index contributed by atoms with van der Waals surface area (Å²) < 4.78 is 7.37. The molecule has 3 aromatic rings. The van der Waals surface area contributed by atoms with E-state index < -0.39 is 11.9 Å². The zero-order chi connectivity index (χ0) is 25.1. The van der Waals surface area contributed by atoms with Gasteiger partial charge in [-0.1, -0.05) is 24.3 Å². The molecule has 36 heavy (non-hydrogen) atoms. The van der Waals surface area contributed by atoms with Crippen molar-refractivity contribution in [2.24, 2.45) is 0 Å². The average Bonchev–Trinajstić information content (AvgIpc) is 3.61. The van der Waals surface area contributed by atoms with E-state index in [4.69, 9.17) is 4.74 Å². The number of hydrogen-bond acceptors (Lipinski definition) is 6. The van der Waals surface area contributed by atoms with E-state index in [0.29, 0.717) is 24.3 Å². The summed E-state index contributed by atoms with van der Waals surface area (Å²) in [5.41, 5.74) is 2.32. The Labute approximate surface area is 208 Å². The zero-order valence-electron chi connectivity index (χ0n) is 20.1. The van der Waals surface area contributed by atoms with Crippen molar-refractivity contribution in [3.8, 4) is 11.4 Å². The van der Waals surface area contributed by atoms with Crippen molar-refractivity contribution in [2.75, 3.05) is 31.6 Å². The van der Waals surface area contributed by atoms with E-state index in [1.165, 1.54) is 15.9 Å². The van der Waals surface area contributed by atoms with Crippen LogP contribution in [0.1, 0.15) is 35.4 Å². The van der Waals surface area contributed by atoms with Crippen LogP contribution < -0.4 is 15.0 Å². The number of carbonyl (C=O) groups excluding carboxylic acids is 3. The number of ether oxygens (including phenoxy) is 1. The van der Waals surface area contributed by atoms with Gasteiger partial charge >= 0.3 is 0 Å². The number of para-hydroxylation sites is 1. The van der Waals surface area contributed by atoms with Crippen molar-refractivity contribution in [2.45, 2.75) is 31.7 Å². The van der Waals surface area contributed by atoms with Crippen LogP contribution in [0.4, 0.5) is 5.69 Å². The van der Waals surface area contributed by atoms with E-state index in [-0.39, 0.29) is 24.2 Å². The van der Waals surface area contributed by atoms with Gasteiger partial charge in [0.2, 0.25) is 11.7 Å². The summed E-state index contributed by atoms with van der Waals surface area (Å²) in [7, 11) is 1.65. The lowest BCUT2D eigenvalue weighted by atomic mass is 10.1. The molecule has 0 spiro atoms. The fourth-order valence-corrected chi connectivity index (χ4v) is 4.47. The van der Waals surface area contributed by atoms with Crippen molar-refractivity contribution in [1.29, 1.82) is 0 Å². The quantitative estimate of drug-likeness (QED) is 0.568. The van der Waals surface area contributed by atoms with E-state index in [1.54, 1.807) is 7.05 Å². The number of anilines is 1. The summed E-state index contributed by atoms with van der Waals surface area (Å²) >= 11 is 0. The number of likely N-dealkylation sites (tertiary alicyclic amines) is 1. The lowest BCUT2D eigenvalue weighted by molar-refractivity contribution is -0.130. The van der Waals surface area contributed by atoms with Crippen molar-refractivity contribution >= 4 is 23.4 Å². The SMILES string of the molecule is CN1C(=O)[C@@H](NC(=O)c2ncn(-c3ccccc3)n2)COc2ccc(CCC(=O)N3CCCC3)cc21. The van der Waals surface area contributed by atoms with Crippen LogP contribution in [0.3, 0.4) is 0 Å². The highest BCUT2D eigenvalue weighted by Crippen LogP contribution is 2.32. The van der Waals surface area contributed by atoms with Crippen LogP contribution in [0.25, 0.3) is 5.69 Å². The van der Waals surface area contributed by atoms with Crippen LogP contribution in [-0.4, -0.2) is 70.2 Å². The number of rotatable bonds is 6. The molecule has 1 saturated heterocycles. The largest absolute Gasteiger partial charge is 0.489 e. The molecule has 2 aromatic carbocycles. The molecule has 1 atom stereocenters. The third kappa shape index (κ3) is 4.93. The molecule has 1 aromatic heterocycles. The molecule has 1 N–H and O–H groups in total. The number of nitrogens with one attached hydrogen (secondary N) is 1. The summed E-state index contributed by atoms with van der Waals surface area (Å²) in [5, 5.41) is 6.92. The normalized spacial score (nSPS) is 17.4. The van der Waals surface area contributed by atoms with Crippen LogP contribution in [0.15, 0.2) is 54.9 Å². The maximum atomic E-state index is 13.2. The minimum absolute atomic E-state index is 0.0197. The van der Waals surface area contributed by atoms with Crippen LogP contribution >= 0.6 is 0 Å². The van der Waals surface area contributed by atoms with Gasteiger partial charge in [0.15, 0.2) is 0 Å². The van der Waals surface area contributed by atoms with Crippen LogP contribution in [0, 0.1) is 0 Å². The maximum absolute atomic E-state index is 13.2. The fraction of sp³-hybridized carbons (Fsp3) is 0.346. The molecule has 3 amide bonds. The summed E-state index contributed by atoms with van der Waals surface area (Å²) in [4.78, 5) is 45.9. The second-order valence-corrected chi connectivity index (χ2v) is 8.97. The lowest BCUT2D eigenvalue weighted by Gasteiger charge is -2.20. The van der Waals surface area contributed by atoms with Crippen molar-refractivity contribution in [3.05, 3.63) is 66.2 Å². The highest BCUT2D eigenvalue weighted by molar-refractivity contribution is 6.02. The van der Waals surface area contributed by atoms with Gasteiger partial charge < -0.3 is 19.9 Å². The molecule has 2 aliphatic rings. The van der Waals surface area contributed by atoms with E-state index >= 15 is 0 Å². The second kappa shape index (κ2) is 10.2. The van der Waals surface area contributed by atoms with E-state index in [1.807, 2.05) is 53.4 Å². The molecule has 186 valence electrons. The first-order valence-corrected chi connectivity index (χ1v) is 12.1.